The van der Waals surface area contributed by atoms with Crippen molar-refractivity contribution >= 4 is 27.5 Å². The minimum absolute atomic E-state index is 0. The lowest BCUT2D eigenvalue weighted by atomic mass is 14.0. The second-order valence-electron chi connectivity index (χ2n) is 0.848. The van der Waals surface area contributed by atoms with Gasteiger partial charge in [0.1, 0.15) is 0 Å². The maximum Gasteiger partial charge on any atom is 0.761 e. The maximum absolute atomic E-state index is 8.74. The van der Waals surface area contributed by atoms with Crippen molar-refractivity contribution in [3.05, 3.63) is 0 Å². The van der Waals surface area contributed by atoms with Crippen molar-refractivity contribution in [2.75, 3.05) is 0 Å². The van der Waals surface area contributed by atoms with Gasteiger partial charge in [0, 0.05) is 0 Å². The average Bonchev–Trinajstić information content (AvgIpc) is 1.54. The minimum atomic E-state index is -3.13. The highest BCUT2D eigenvalue weighted by molar-refractivity contribution is 6.22. The lowest BCUT2D eigenvalue weighted by molar-refractivity contribution is 0.328. The van der Waals surface area contributed by atoms with Crippen LogP contribution in [0.15, 0.2) is 0 Å². The molecule has 0 saturated carbocycles. The molecule has 0 saturated heterocycles. The van der Waals surface area contributed by atoms with Gasteiger partial charge in [-0.2, -0.15) is 0 Å². The van der Waals surface area contributed by atoms with E-state index in [1.165, 1.54) is 0 Å². The normalized spacial score (nSPS) is 5.54. The fourth-order valence-corrected chi connectivity index (χ4v) is 0. The van der Waals surface area contributed by atoms with Crippen LogP contribution < -0.4 is 6.15 Å². The molecule has 0 bridgehead atoms. The van der Waals surface area contributed by atoms with Crippen molar-refractivity contribution in [2.24, 2.45) is 0 Å². The van der Waals surface area contributed by atoms with Crippen LogP contribution in [0.1, 0.15) is 0 Å². The molecule has 0 aliphatic carbocycles. The quantitative estimate of drug-likeness (QED) is 0.204. The van der Waals surface area contributed by atoms with Crippen LogP contribution in [0.25, 0.3) is 0 Å². The van der Waals surface area contributed by atoms with Crippen LogP contribution in [0.3, 0.4) is 0 Å². The van der Waals surface area contributed by atoms with Crippen molar-refractivity contribution in [3.8, 4) is 0 Å². The highest BCUT2D eigenvalue weighted by Gasteiger charge is 1.85. The molecular formula is H9NO9Si3. The van der Waals surface area contributed by atoms with Gasteiger partial charge in [0.25, 0.3) is 0 Å². The van der Waals surface area contributed by atoms with Crippen molar-refractivity contribution in [3.63, 3.8) is 0 Å². The van der Waals surface area contributed by atoms with Gasteiger partial charge < -0.3 is 34.9 Å². The molecule has 10 nitrogen and oxygen atoms in total. The van der Waals surface area contributed by atoms with Crippen molar-refractivity contribution in [1.29, 1.82) is 0 Å². The molecule has 0 atom stereocenters. The topological polar surface area (TPSA) is 208 Å². The van der Waals surface area contributed by atoms with Crippen LogP contribution in [0, 0.1) is 0 Å². The van der Waals surface area contributed by atoms with Gasteiger partial charge in [-0.25, -0.2) is 0 Å². The zero-order valence-electron chi connectivity index (χ0n) is 6.12. The fourth-order valence-electron chi connectivity index (χ4n) is 0. The Hall–Kier alpha value is -1.19. The first-order chi connectivity index (χ1) is 5.20. The lowest BCUT2D eigenvalue weighted by Crippen LogP contribution is -1.90. The Bertz CT molecular complexity index is 112. The first kappa shape index (κ1) is 22.6. The van der Waals surface area contributed by atoms with Crippen LogP contribution in [-0.2, 0) is 13.4 Å². The van der Waals surface area contributed by atoms with E-state index in [1.54, 1.807) is 0 Å². The summed E-state index contributed by atoms with van der Waals surface area (Å²) in [6.07, 6.45) is 0. The van der Waals surface area contributed by atoms with Gasteiger partial charge in [-0.15, -0.1) is 0 Å². The molecule has 0 amide bonds. The molecule has 0 aromatic heterocycles. The van der Waals surface area contributed by atoms with Crippen molar-refractivity contribution in [1.82, 2.24) is 6.15 Å². The Kier molecular flexibility index (Phi) is 29.7. The van der Waals surface area contributed by atoms with Gasteiger partial charge in [0.15, 0.2) is 0 Å². The second kappa shape index (κ2) is 17.1. The van der Waals surface area contributed by atoms with E-state index in [4.69, 9.17) is 42.2 Å². The molecule has 0 fully saturated rings. The average molecular weight is 251 g/mol. The van der Waals surface area contributed by atoms with Crippen molar-refractivity contribution in [2.45, 2.75) is 0 Å². The summed E-state index contributed by atoms with van der Waals surface area (Å²) in [4.78, 5) is 42.9. The predicted molar refractivity (Wildman–Crippen MR) is 37.7 cm³/mol. The van der Waals surface area contributed by atoms with Crippen LogP contribution in [-0.4, -0.2) is 56.3 Å². The third kappa shape index (κ3) is 593. The molecule has 9 N–H and O–H groups in total. The molecule has 0 unspecified atom stereocenters. The summed E-state index contributed by atoms with van der Waals surface area (Å²) in [7, 11) is -9.39. The van der Waals surface area contributed by atoms with Crippen LogP contribution in [0.5, 0.6) is 0 Å². The first-order valence-electron chi connectivity index (χ1n) is 1.95. The SMILES string of the molecule is N.O=[Si](O)O.O=[Si](O)O.O=[Si](O)O. The molecule has 0 aliphatic rings. The van der Waals surface area contributed by atoms with E-state index >= 15 is 0 Å². The van der Waals surface area contributed by atoms with Gasteiger partial charge in [-0.05, 0) is 0 Å². The highest BCUT2D eigenvalue weighted by Crippen LogP contribution is 1.27. The van der Waals surface area contributed by atoms with Crippen molar-refractivity contribution < 1.29 is 42.2 Å². The predicted octanol–water partition coefficient (Wildman–Crippen LogP) is -4.68. The molecule has 0 aromatic rings. The van der Waals surface area contributed by atoms with Gasteiger partial charge in [0.2, 0.25) is 0 Å². The Labute approximate surface area is 76.6 Å². The smallest absolute Gasteiger partial charge is 0.511 e. The summed E-state index contributed by atoms with van der Waals surface area (Å²) in [5, 5.41) is 0. The Morgan fingerprint density at radius 1 is 0.538 bits per heavy atom. The molecule has 80 valence electrons. The summed E-state index contributed by atoms with van der Waals surface area (Å²) in [6, 6.07) is 0. The third-order valence-corrected chi connectivity index (χ3v) is 0. The third-order valence-electron chi connectivity index (χ3n) is 0. The molecule has 0 aromatic carbocycles. The van der Waals surface area contributed by atoms with E-state index in [0.717, 1.165) is 0 Å². The summed E-state index contributed by atoms with van der Waals surface area (Å²) in [5.41, 5.74) is 0. The van der Waals surface area contributed by atoms with Gasteiger partial charge in [0.05, 0.1) is 0 Å². The summed E-state index contributed by atoms with van der Waals surface area (Å²) >= 11 is 0. The molecule has 0 spiro atoms. The fraction of sp³-hybridized carbons (Fsp3) is 0. The van der Waals surface area contributed by atoms with E-state index in [-0.39, 0.29) is 6.15 Å². The van der Waals surface area contributed by atoms with Crippen LogP contribution in [0.2, 0.25) is 0 Å². The van der Waals surface area contributed by atoms with Crippen LogP contribution in [0.4, 0.5) is 0 Å². The monoisotopic (exact) mass is 251 g/mol. The Balaban J connectivity index is -0.0000000450. The van der Waals surface area contributed by atoms with E-state index in [9.17, 15) is 0 Å². The molecule has 0 rings (SSSR count). The van der Waals surface area contributed by atoms with E-state index in [0.29, 0.717) is 0 Å². The number of hydrogen-bond acceptors (Lipinski definition) is 4. The van der Waals surface area contributed by atoms with Gasteiger partial charge >= 0.3 is 27.5 Å². The van der Waals surface area contributed by atoms with E-state index in [2.05, 4.69) is 0 Å². The molecule has 13 heteroatoms. The Morgan fingerprint density at radius 2 is 0.538 bits per heavy atom. The van der Waals surface area contributed by atoms with Crippen LogP contribution >= 0.6 is 0 Å². The zero-order valence-corrected chi connectivity index (χ0v) is 9.12. The largest absolute Gasteiger partial charge is 0.761 e. The highest BCUT2D eigenvalue weighted by atomic mass is 28.3. The molecule has 13 heavy (non-hydrogen) atoms. The number of hydrogen-bond donors (Lipinski definition) is 7. The maximum atomic E-state index is 8.74. The number of rotatable bonds is 0. The molecular weight excluding hydrogens is 242 g/mol. The Morgan fingerprint density at radius 3 is 0.538 bits per heavy atom. The zero-order chi connectivity index (χ0) is 10.7. The lowest BCUT2D eigenvalue weighted by Gasteiger charge is -1.55. The molecule has 0 aliphatic heterocycles. The van der Waals surface area contributed by atoms with E-state index < -0.39 is 27.5 Å². The first-order valence-corrected chi connectivity index (χ1v) is 5.86. The minimum Gasteiger partial charge on any atom is -0.511 e. The summed E-state index contributed by atoms with van der Waals surface area (Å²) in [5.74, 6) is 0. The van der Waals surface area contributed by atoms with Gasteiger partial charge in [-0.1, -0.05) is 0 Å². The second-order valence-corrected chi connectivity index (χ2v) is 2.54. The van der Waals surface area contributed by atoms with E-state index in [1.807, 2.05) is 0 Å². The van der Waals surface area contributed by atoms with Gasteiger partial charge in [-0.3, -0.25) is 13.4 Å². The standard InChI is InChI=1S/H3N.3H2O3Si/c;3*1-4(2)3/h1H3;3*1-2H. The molecule has 0 radical (unpaired) electrons. The summed E-state index contributed by atoms with van der Waals surface area (Å²) < 4.78 is 26.2. The molecule has 0 heterocycles. The summed E-state index contributed by atoms with van der Waals surface area (Å²) in [6.45, 7) is 0.